The first-order valence-corrected chi connectivity index (χ1v) is 7.35. The van der Waals surface area contributed by atoms with Crippen molar-refractivity contribution in [1.82, 2.24) is 4.57 Å². The third-order valence-corrected chi connectivity index (χ3v) is 3.82. The molecule has 0 aliphatic heterocycles. The minimum Gasteiger partial charge on any atom is -0.399 e. The van der Waals surface area contributed by atoms with Gasteiger partial charge in [0.2, 0.25) is 0 Å². The Hall–Kier alpha value is -3.02. The van der Waals surface area contributed by atoms with Crippen LogP contribution in [0.3, 0.4) is 0 Å². The lowest BCUT2D eigenvalue weighted by Gasteiger charge is -2.11. The van der Waals surface area contributed by atoms with Gasteiger partial charge in [-0.25, -0.2) is 0 Å². The first-order chi connectivity index (χ1) is 10.9. The maximum Gasteiger partial charge on any atom is 0.280 e. The number of aliphatic imine (C=N–C) groups is 1. The normalized spacial score (nSPS) is 11.3. The predicted molar refractivity (Wildman–Crippen MR) is 94.4 cm³/mol. The first kappa shape index (κ1) is 14.9. The molecule has 1 aromatic heterocycles. The monoisotopic (exact) mass is 309 g/mol. The number of nitrogens with two attached hydrogens (primary N) is 3. The molecular weight excluding hydrogens is 290 g/mol. The van der Waals surface area contributed by atoms with Crippen molar-refractivity contribution < 1.29 is 4.79 Å². The molecule has 0 saturated heterocycles. The Morgan fingerprint density at radius 1 is 1.04 bits per heavy atom. The fourth-order valence-corrected chi connectivity index (χ4v) is 2.94. The number of aromatic nitrogens is 1. The zero-order valence-corrected chi connectivity index (χ0v) is 13.1. The number of hydrogen-bond donors (Lipinski definition) is 3. The maximum atomic E-state index is 12.1. The van der Waals surface area contributed by atoms with Crippen molar-refractivity contribution >= 4 is 39.4 Å². The zero-order chi connectivity index (χ0) is 16.7. The van der Waals surface area contributed by atoms with Gasteiger partial charge in [-0.2, -0.15) is 4.99 Å². The van der Waals surface area contributed by atoms with E-state index < -0.39 is 5.91 Å². The van der Waals surface area contributed by atoms with Gasteiger partial charge in [0.05, 0.1) is 5.52 Å². The summed E-state index contributed by atoms with van der Waals surface area (Å²) in [5, 5.41) is 2.11. The molecule has 1 heterocycles. The summed E-state index contributed by atoms with van der Waals surface area (Å²) >= 11 is 0. The largest absolute Gasteiger partial charge is 0.399 e. The molecule has 6 heteroatoms. The molecule has 6 nitrogen and oxygen atoms in total. The van der Waals surface area contributed by atoms with Crippen LogP contribution in [0.5, 0.6) is 0 Å². The standard InChI is InChI=1S/C17H19N5O/c1-9(2)22-14-6-4-11(18)8-13(14)12-5-3-10(7-15(12)22)16(23)21-17(19)20/h3-9H,18H2,1-2H3,(H4,19,20,21,23). The molecule has 0 saturated carbocycles. The van der Waals surface area contributed by atoms with Crippen molar-refractivity contribution in [2.45, 2.75) is 19.9 Å². The Kier molecular flexibility index (Phi) is 3.44. The molecule has 3 aromatic rings. The van der Waals surface area contributed by atoms with Gasteiger partial charge in [-0.3, -0.25) is 4.79 Å². The van der Waals surface area contributed by atoms with E-state index in [9.17, 15) is 4.79 Å². The van der Waals surface area contributed by atoms with Gasteiger partial charge in [-0.1, -0.05) is 6.07 Å². The van der Waals surface area contributed by atoms with E-state index in [0.29, 0.717) is 11.3 Å². The smallest absolute Gasteiger partial charge is 0.280 e. The molecule has 0 fully saturated rings. The van der Waals surface area contributed by atoms with Gasteiger partial charge < -0.3 is 21.8 Å². The number of rotatable bonds is 2. The van der Waals surface area contributed by atoms with E-state index in [4.69, 9.17) is 17.2 Å². The minimum atomic E-state index is -0.452. The Labute approximate surface area is 133 Å². The summed E-state index contributed by atoms with van der Waals surface area (Å²) in [6, 6.07) is 11.5. The fourth-order valence-electron chi connectivity index (χ4n) is 2.94. The van der Waals surface area contributed by atoms with Crippen LogP contribution in [0, 0.1) is 0 Å². The van der Waals surface area contributed by atoms with Crippen LogP contribution in [0.1, 0.15) is 30.2 Å². The van der Waals surface area contributed by atoms with Gasteiger partial charge in [-0.15, -0.1) is 0 Å². The number of hydrogen-bond acceptors (Lipinski definition) is 2. The molecule has 2 aromatic carbocycles. The molecule has 0 atom stereocenters. The highest BCUT2D eigenvalue weighted by Crippen LogP contribution is 2.33. The second kappa shape index (κ2) is 5.31. The van der Waals surface area contributed by atoms with Gasteiger partial charge >= 0.3 is 0 Å². The second-order valence-corrected chi connectivity index (χ2v) is 5.81. The van der Waals surface area contributed by atoms with Crippen molar-refractivity contribution in [1.29, 1.82) is 0 Å². The van der Waals surface area contributed by atoms with E-state index in [1.807, 2.05) is 30.3 Å². The predicted octanol–water partition coefficient (Wildman–Crippen LogP) is 2.37. The molecule has 23 heavy (non-hydrogen) atoms. The van der Waals surface area contributed by atoms with Crippen LogP contribution in [-0.4, -0.2) is 16.4 Å². The summed E-state index contributed by atoms with van der Waals surface area (Å²) in [5.74, 6) is -0.695. The first-order valence-electron chi connectivity index (χ1n) is 7.35. The summed E-state index contributed by atoms with van der Waals surface area (Å²) in [6.07, 6.45) is 0. The lowest BCUT2D eigenvalue weighted by Crippen LogP contribution is -2.24. The van der Waals surface area contributed by atoms with E-state index in [0.717, 1.165) is 21.8 Å². The fraction of sp³-hybridized carbons (Fsp3) is 0.176. The summed E-state index contributed by atoms with van der Waals surface area (Å²) in [6.45, 7) is 4.19. The van der Waals surface area contributed by atoms with Crippen molar-refractivity contribution in [2.24, 2.45) is 16.5 Å². The Balaban J connectivity index is 2.34. The summed E-state index contributed by atoms with van der Waals surface area (Å²) in [4.78, 5) is 15.7. The van der Waals surface area contributed by atoms with E-state index in [1.54, 1.807) is 6.07 Å². The molecule has 0 bridgehead atoms. The van der Waals surface area contributed by atoms with Crippen LogP contribution in [0.15, 0.2) is 41.4 Å². The lowest BCUT2D eigenvalue weighted by molar-refractivity contribution is 0.100. The SMILES string of the molecule is CC(C)n1c2ccc(N)cc2c2ccc(C(=O)N=C(N)N)cc21. The van der Waals surface area contributed by atoms with E-state index in [-0.39, 0.29) is 12.0 Å². The third-order valence-electron chi connectivity index (χ3n) is 3.82. The quantitative estimate of drug-likeness (QED) is 0.383. The zero-order valence-electron chi connectivity index (χ0n) is 13.1. The molecular formula is C17H19N5O. The Morgan fingerprint density at radius 2 is 1.78 bits per heavy atom. The van der Waals surface area contributed by atoms with E-state index in [2.05, 4.69) is 23.4 Å². The number of amides is 1. The summed E-state index contributed by atoms with van der Waals surface area (Å²) in [7, 11) is 0. The van der Waals surface area contributed by atoms with Gasteiger partial charge in [0, 0.05) is 33.6 Å². The molecule has 0 unspecified atom stereocenters. The van der Waals surface area contributed by atoms with Gasteiger partial charge in [0.15, 0.2) is 5.96 Å². The summed E-state index contributed by atoms with van der Waals surface area (Å²) in [5.41, 5.74) is 19.7. The third kappa shape index (κ3) is 2.48. The average molecular weight is 309 g/mol. The van der Waals surface area contributed by atoms with Crippen LogP contribution in [-0.2, 0) is 0 Å². The molecule has 3 rings (SSSR count). The van der Waals surface area contributed by atoms with Gasteiger partial charge in [0.1, 0.15) is 0 Å². The van der Waals surface area contributed by atoms with Crippen LogP contribution in [0.2, 0.25) is 0 Å². The Morgan fingerprint density at radius 3 is 2.43 bits per heavy atom. The average Bonchev–Trinajstić information content (AvgIpc) is 2.79. The molecule has 118 valence electrons. The number of benzene rings is 2. The number of carbonyl (C=O) groups is 1. The maximum absolute atomic E-state index is 12.1. The van der Waals surface area contributed by atoms with Gasteiger partial charge in [0.25, 0.3) is 5.91 Å². The molecule has 0 aliphatic rings. The lowest BCUT2D eigenvalue weighted by atomic mass is 10.1. The van der Waals surface area contributed by atoms with Crippen LogP contribution < -0.4 is 17.2 Å². The molecule has 1 amide bonds. The highest BCUT2D eigenvalue weighted by Gasteiger charge is 2.15. The van der Waals surface area contributed by atoms with Gasteiger partial charge in [-0.05, 0) is 44.2 Å². The molecule has 6 N–H and O–H groups in total. The number of fused-ring (bicyclic) bond motifs is 3. The number of carbonyl (C=O) groups excluding carboxylic acids is 1. The van der Waals surface area contributed by atoms with Crippen molar-refractivity contribution in [3.05, 3.63) is 42.0 Å². The second-order valence-electron chi connectivity index (χ2n) is 5.81. The molecule has 0 spiro atoms. The Bertz CT molecular complexity index is 948. The highest BCUT2D eigenvalue weighted by atomic mass is 16.1. The number of nitrogen functional groups attached to an aromatic ring is 1. The topological polar surface area (TPSA) is 112 Å². The number of guanidine groups is 1. The van der Waals surface area contributed by atoms with Crippen molar-refractivity contribution in [2.75, 3.05) is 5.73 Å². The minimum absolute atomic E-state index is 0.229. The highest BCUT2D eigenvalue weighted by molar-refractivity contribution is 6.11. The van der Waals surface area contributed by atoms with E-state index in [1.165, 1.54) is 0 Å². The number of anilines is 1. The number of nitrogens with zero attached hydrogens (tertiary/aromatic N) is 2. The van der Waals surface area contributed by atoms with Crippen LogP contribution in [0.4, 0.5) is 5.69 Å². The molecule has 0 radical (unpaired) electrons. The van der Waals surface area contributed by atoms with Crippen molar-refractivity contribution in [3.63, 3.8) is 0 Å². The molecule has 0 aliphatic carbocycles. The van der Waals surface area contributed by atoms with Crippen LogP contribution in [0.25, 0.3) is 21.8 Å². The van der Waals surface area contributed by atoms with Crippen LogP contribution >= 0.6 is 0 Å². The van der Waals surface area contributed by atoms with Crippen molar-refractivity contribution in [3.8, 4) is 0 Å². The van der Waals surface area contributed by atoms with E-state index >= 15 is 0 Å². The summed E-state index contributed by atoms with van der Waals surface area (Å²) < 4.78 is 2.18.